The van der Waals surface area contributed by atoms with Crippen molar-refractivity contribution in [2.75, 3.05) is 12.9 Å². The van der Waals surface area contributed by atoms with Crippen LogP contribution in [-0.2, 0) is 5.75 Å². The van der Waals surface area contributed by atoms with Gasteiger partial charge >= 0.3 is 0 Å². The Hall–Kier alpha value is -1.65. The molecule has 0 saturated carbocycles. The summed E-state index contributed by atoms with van der Waals surface area (Å²) in [6.07, 6.45) is 0. The predicted molar refractivity (Wildman–Crippen MR) is 104 cm³/mol. The molecule has 0 aliphatic heterocycles. The monoisotopic (exact) mass is 343 g/mol. The molecule has 0 saturated heterocycles. The molecule has 0 N–H and O–H groups in total. The van der Waals surface area contributed by atoms with Gasteiger partial charge in [0.1, 0.15) is 5.75 Å². The maximum atomic E-state index is 5.19. The molecule has 0 aliphatic rings. The minimum absolute atomic E-state index is 0.882. The highest BCUT2D eigenvalue weighted by Gasteiger charge is 2.06. The largest absolute Gasteiger partial charge is 0.497 e. The smallest absolute Gasteiger partial charge is 0.118 e. The fourth-order valence-corrected chi connectivity index (χ4v) is 4.06. The Morgan fingerprint density at radius 3 is 2.39 bits per heavy atom. The molecule has 2 aromatic rings. The molecule has 0 amide bonds. The molecule has 0 aromatic heterocycles. The molecule has 0 spiro atoms. The third kappa shape index (κ3) is 5.81. The van der Waals surface area contributed by atoms with Gasteiger partial charge in [0.25, 0.3) is 0 Å². The van der Waals surface area contributed by atoms with Crippen molar-refractivity contribution in [2.45, 2.75) is 17.6 Å². The van der Waals surface area contributed by atoms with Crippen molar-refractivity contribution in [3.63, 3.8) is 0 Å². The van der Waals surface area contributed by atoms with Crippen LogP contribution in [0.15, 0.2) is 75.1 Å². The number of rotatable bonds is 8. The van der Waals surface area contributed by atoms with Crippen molar-refractivity contribution in [3.05, 3.63) is 70.8 Å². The van der Waals surface area contributed by atoms with Gasteiger partial charge in [-0.2, -0.15) is 0 Å². The molecule has 23 heavy (non-hydrogen) atoms. The van der Waals surface area contributed by atoms with E-state index in [2.05, 4.69) is 48.1 Å². The van der Waals surface area contributed by atoms with Gasteiger partial charge in [-0.05, 0) is 43.5 Å². The van der Waals surface area contributed by atoms with E-state index in [4.69, 9.17) is 4.74 Å². The van der Waals surface area contributed by atoms with Gasteiger partial charge in [-0.3, -0.25) is 4.99 Å². The van der Waals surface area contributed by atoms with E-state index in [9.17, 15) is 0 Å². The number of aliphatic imine (C=N–C) groups is 1. The Balaban J connectivity index is 1.97. The summed E-state index contributed by atoms with van der Waals surface area (Å²) in [6.45, 7) is 5.69. The van der Waals surface area contributed by atoms with Crippen LogP contribution < -0.4 is 4.74 Å². The number of benzene rings is 2. The summed E-state index contributed by atoms with van der Waals surface area (Å²) in [5.41, 5.74) is 2.33. The van der Waals surface area contributed by atoms with Crippen LogP contribution in [0.5, 0.6) is 5.75 Å². The van der Waals surface area contributed by atoms with Crippen LogP contribution in [0.2, 0.25) is 0 Å². The van der Waals surface area contributed by atoms with Gasteiger partial charge in [-0.25, -0.2) is 0 Å². The lowest BCUT2D eigenvalue weighted by Crippen LogP contribution is -1.90. The quantitative estimate of drug-likeness (QED) is 0.456. The average molecular weight is 344 g/mol. The van der Waals surface area contributed by atoms with E-state index in [-0.39, 0.29) is 0 Å². The van der Waals surface area contributed by atoms with E-state index >= 15 is 0 Å². The molecule has 0 unspecified atom stereocenters. The van der Waals surface area contributed by atoms with Gasteiger partial charge in [0.05, 0.1) is 7.11 Å². The number of allylic oxidation sites excluding steroid dienone is 1. The van der Waals surface area contributed by atoms with Gasteiger partial charge in [-0.15, -0.1) is 23.5 Å². The molecule has 0 radical (unpaired) electrons. The maximum Gasteiger partial charge on any atom is 0.118 e. The van der Waals surface area contributed by atoms with Gasteiger partial charge in [0.2, 0.25) is 0 Å². The van der Waals surface area contributed by atoms with Crippen LogP contribution in [0.3, 0.4) is 0 Å². The molecule has 2 rings (SSSR count). The summed E-state index contributed by atoms with van der Waals surface area (Å²) in [5.74, 6) is 2.73. The number of nitrogens with zero attached hydrogens (tertiary/aromatic N) is 1. The average Bonchev–Trinajstić information content (AvgIpc) is 2.62. The molecule has 2 nitrogen and oxygen atoms in total. The minimum Gasteiger partial charge on any atom is -0.497 e. The van der Waals surface area contributed by atoms with Crippen molar-refractivity contribution in [3.8, 4) is 5.75 Å². The highest BCUT2D eigenvalue weighted by atomic mass is 32.2. The fraction of sp³-hybridized carbons (Fsp3) is 0.211. The number of ether oxygens (including phenoxy) is 1. The summed E-state index contributed by atoms with van der Waals surface area (Å²) >= 11 is 3.64. The number of hydrogen-bond donors (Lipinski definition) is 0. The van der Waals surface area contributed by atoms with Gasteiger partial charge in [0, 0.05) is 27.0 Å². The maximum absolute atomic E-state index is 5.19. The SMILES string of the molecule is C=N/C(C)=C(/CSc1ccc(OC)cc1)SCc1ccccc1. The van der Waals surface area contributed by atoms with Crippen molar-refractivity contribution in [1.82, 2.24) is 0 Å². The van der Waals surface area contributed by atoms with Crippen LogP contribution >= 0.6 is 23.5 Å². The van der Waals surface area contributed by atoms with Gasteiger partial charge in [0.15, 0.2) is 0 Å². The zero-order valence-corrected chi connectivity index (χ0v) is 15.1. The second-order valence-corrected chi connectivity index (χ2v) is 7.02. The lowest BCUT2D eigenvalue weighted by Gasteiger charge is -2.10. The first-order chi connectivity index (χ1) is 11.2. The minimum atomic E-state index is 0.882. The van der Waals surface area contributed by atoms with Crippen LogP contribution in [-0.4, -0.2) is 19.6 Å². The second kappa shape index (κ2) is 9.48. The van der Waals surface area contributed by atoms with Crippen LogP contribution in [0.4, 0.5) is 0 Å². The first-order valence-electron chi connectivity index (χ1n) is 7.33. The van der Waals surface area contributed by atoms with E-state index in [0.717, 1.165) is 23.0 Å². The molecular weight excluding hydrogens is 322 g/mol. The normalized spacial score (nSPS) is 11.7. The van der Waals surface area contributed by atoms with E-state index in [1.165, 1.54) is 15.4 Å². The highest BCUT2D eigenvalue weighted by molar-refractivity contribution is 8.05. The third-order valence-electron chi connectivity index (χ3n) is 3.33. The Bertz CT molecular complexity index is 651. The number of hydrogen-bond acceptors (Lipinski definition) is 4. The molecule has 0 heterocycles. The van der Waals surface area contributed by atoms with Crippen LogP contribution in [0.25, 0.3) is 0 Å². The van der Waals surface area contributed by atoms with E-state index in [1.807, 2.05) is 36.9 Å². The lowest BCUT2D eigenvalue weighted by molar-refractivity contribution is 0.414. The zero-order valence-electron chi connectivity index (χ0n) is 13.5. The van der Waals surface area contributed by atoms with Crippen molar-refractivity contribution in [1.29, 1.82) is 0 Å². The third-order valence-corrected chi connectivity index (χ3v) is 5.81. The van der Waals surface area contributed by atoms with Crippen LogP contribution in [0.1, 0.15) is 12.5 Å². The van der Waals surface area contributed by atoms with Crippen molar-refractivity contribution >= 4 is 30.2 Å². The van der Waals surface area contributed by atoms with Gasteiger partial charge in [-0.1, -0.05) is 30.3 Å². The van der Waals surface area contributed by atoms with Gasteiger partial charge < -0.3 is 4.74 Å². The summed E-state index contributed by atoms with van der Waals surface area (Å²) in [4.78, 5) is 6.61. The standard InChI is InChI=1S/C19H21NOS2/c1-15(20-2)19(23-13-16-7-5-4-6-8-16)14-22-18-11-9-17(21-3)10-12-18/h4-12H,2,13-14H2,1,3H3/b19-15-. The topological polar surface area (TPSA) is 21.6 Å². The molecule has 2 aromatic carbocycles. The summed E-state index contributed by atoms with van der Waals surface area (Å²) in [5, 5.41) is 0. The predicted octanol–water partition coefficient (Wildman–Crippen LogP) is 5.65. The Morgan fingerprint density at radius 1 is 1.09 bits per heavy atom. The van der Waals surface area contributed by atoms with Crippen molar-refractivity contribution in [2.24, 2.45) is 4.99 Å². The number of thioether (sulfide) groups is 2. The van der Waals surface area contributed by atoms with E-state index < -0.39 is 0 Å². The molecule has 0 fully saturated rings. The molecule has 0 atom stereocenters. The van der Waals surface area contributed by atoms with Crippen molar-refractivity contribution < 1.29 is 4.74 Å². The van der Waals surface area contributed by atoms with E-state index in [0.29, 0.717) is 0 Å². The molecule has 0 bridgehead atoms. The first-order valence-corrected chi connectivity index (χ1v) is 9.30. The Kier molecular flexibility index (Phi) is 7.30. The molecule has 120 valence electrons. The Morgan fingerprint density at radius 2 is 1.78 bits per heavy atom. The lowest BCUT2D eigenvalue weighted by atomic mass is 10.2. The summed E-state index contributed by atoms with van der Waals surface area (Å²) in [7, 11) is 1.68. The van der Waals surface area contributed by atoms with Crippen LogP contribution in [0, 0.1) is 0 Å². The summed E-state index contributed by atoms with van der Waals surface area (Å²) < 4.78 is 5.19. The molecule has 4 heteroatoms. The fourth-order valence-electron chi connectivity index (χ4n) is 1.90. The first kappa shape index (κ1) is 17.7. The zero-order chi connectivity index (χ0) is 16.5. The van der Waals surface area contributed by atoms with E-state index in [1.54, 1.807) is 18.9 Å². The highest BCUT2D eigenvalue weighted by Crippen LogP contribution is 2.31. The second-order valence-electron chi connectivity index (χ2n) is 4.91. The number of methoxy groups -OCH3 is 1. The molecule has 0 aliphatic carbocycles. The Labute approximate surface area is 147 Å². The summed E-state index contributed by atoms with van der Waals surface area (Å²) in [6, 6.07) is 18.6. The molecular formula is C19H21NOS2.